The summed E-state index contributed by atoms with van der Waals surface area (Å²) in [5.41, 5.74) is 1.14. The second-order valence-electron chi connectivity index (χ2n) is 2.71. The van der Waals surface area contributed by atoms with Crippen molar-refractivity contribution in [2.24, 2.45) is 0 Å². The minimum atomic E-state index is -0.0559. The predicted octanol–water partition coefficient (Wildman–Crippen LogP) is 3.03. The third kappa shape index (κ3) is 3.81. The molecule has 1 rings (SSSR count). The van der Waals surface area contributed by atoms with E-state index in [4.69, 9.17) is 9.84 Å². The van der Waals surface area contributed by atoms with Crippen LogP contribution in [0.2, 0.25) is 0 Å². The highest BCUT2D eigenvalue weighted by molar-refractivity contribution is 5.42. The molecule has 0 atom stereocenters. The molecule has 74 valence electrons. The molecule has 0 aliphatic heterocycles. The van der Waals surface area contributed by atoms with Crippen LogP contribution in [0.4, 0.5) is 0 Å². The van der Waals surface area contributed by atoms with Crippen LogP contribution in [0.5, 0.6) is 0 Å². The van der Waals surface area contributed by atoms with Gasteiger partial charge in [0.15, 0.2) is 0 Å². The van der Waals surface area contributed by atoms with E-state index in [0.717, 1.165) is 5.57 Å². The van der Waals surface area contributed by atoms with Crippen molar-refractivity contribution in [3.63, 3.8) is 0 Å². The minimum absolute atomic E-state index is 0.0559. The molecule has 0 spiro atoms. The summed E-state index contributed by atoms with van der Waals surface area (Å²) < 4.78 is 4.83. The SMILES string of the molecule is CCO/C(O)=C/C=C/C=C1C=CC=C1. The van der Waals surface area contributed by atoms with Gasteiger partial charge in [-0.1, -0.05) is 42.5 Å². The van der Waals surface area contributed by atoms with Crippen molar-refractivity contribution >= 4 is 0 Å². The average Bonchev–Trinajstić information content (AvgIpc) is 2.65. The summed E-state index contributed by atoms with van der Waals surface area (Å²) in [5, 5.41) is 9.08. The molecule has 0 fully saturated rings. The fraction of sp³-hybridized carbons (Fsp3) is 0.167. The molecule has 1 N–H and O–H groups in total. The Hall–Kier alpha value is -1.70. The average molecular weight is 190 g/mol. The molecule has 2 heteroatoms. The highest BCUT2D eigenvalue weighted by Gasteiger charge is 1.87. The van der Waals surface area contributed by atoms with Crippen molar-refractivity contribution in [2.75, 3.05) is 6.61 Å². The number of hydrogen-bond donors (Lipinski definition) is 1. The molecule has 0 unspecified atom stereocenters. The second kappa shape index (κ2) is 5.86. The van der Waals surface area contributed by atoms with E-state index in [1.807, 2.05) is 43.4 Å². The third-order valence-electron chi connectivity index (χ3n) is 1.62. The van der Waals surface area contributed by atoms with Crippen molar-refractivity contribution in [1.29, 1.82) is 0 Å². The number of hydrogen-bond acceptors (Lipinski definition) is 2. The summed E-state index contributed by atoms with van der Waals surface area (Å²) in [6, 6.07) is 0. The molecule has 0 bridgehead atoms. The molecule has 0 aromatic rings. The van der Waals surface area contributed by atoms with Crippen LogP contribution in [0.3, 0.4) is 0 Å². The first-order valence-corrected chi connectivity index (χ1v) is 4.58. The predicted molar refractivity (Wildman–Crippen MR) is 57.8 cm³/mol. The van der Waals surface area contributed by atoms with E-state index in [-0.39, 0.29) is 5.95 Å². The van der Waals surface area contributed by atoms with Gasteiger partial charge in [-0.3, -0.25) is 0 Å². The normalized spacial score (nSPS) is 15.5. The molecular weight excluding hydrogens is 176 g/mol. The quantitative estimate of drug-likeness (QED) is 0.545. The van der Waals surface area contributed by atoms with E-state index in [2.05, 4.69) is 0 Å². The Balaban J connectivity index is 2.41. The van der Waals surface area contributed by atoms with Crippen LogP contribution in [0.1, 0.15) is 6.92 Å². The van der Waals surface area contributed by atoms with Gasteiger partial charge >= 0.3 is 0 Å². The van der Waals surface area contributed by atoms with Gasteiger partial charge in [0, 0.05) is 6.08 Å². The summed E-state index contributed by atoms with van der Waals surface area (Å²) in [6.07, 6.45) is 15.0. The van der Waals surface area contributed by atoms with Crippen LogP contribution < -0.4 is 0 Å². The lowest BCUT2D eigenvalue weighted by molar-refractivity contribution is 0.103. The Morgan fingerprint density at radius 1 is 1.36 bits per heavy atom. The van der Waals surface area contributed by atoms with Crippen LogP contribution in [-0.2, 0) is 4.74 Å². The summed E-state index contributed by atoms with van der Waals surface area (Å²) >= 11 is 0. The maximum atomic E-state index is 9.08. The lowest BCUT2D eigenvalue weighted by atomic mass is 10.2. The molecule has 0 radical (unpaired) electrons. The smallest absolute Gasteiger partial charge is 0.276 e. The monoisotopic (exact) mass is 190 g/mol. The largest absolute Gasteiger partial charge is 0.481 e. The molecule has 2 nitrogen and oxygen atoms in total. The zero-order valence-electron chi connectivity index (χ0n) is 8.18. The van der Waals surface area contributed by atoms with E-state index < -0.39 is 0 Å². The number of allylic oxidation sites excluding steroid dienone is 9. The number of ether oxygens (including phenoxy) is 1. The summed E-state index contributed by atoms with van der Waals surface area (Å²) in [7, 11) is 0. The van der Waals surface area contributed by atoms with Gasteiger partial charge in [0.05, 0.1) is 6.61 Å². The molecule has 0 aromatic heterocycles. The number of rotatable bonds is 4. The fourth-order valence-corrected chi connectivity index (χ4v) is 1.00. The maximum absolute atomic E-state index is 9.08. The van der Waals surface area contributed by atoms with Gasteiger partial charge in [0.25, 0.3) is 5.95 Å². The van der Waals surface area contributed by atoms with Crippen molar-refractivity contribution in [3.8, 4) is 0 Å². The van der Waals surface area contributed by atoms with Crippen molar-refractivity contribution in [3.05, 3.63) is 60.1 Å². The molecule has 0 amide bonds. The Morgan fingerprint density at radius 3 is 2.71 bits per heavy atom. The zero-order valence-corrected chi connectivity index (χ0v) is 8.18. The molecule has 0 heterocycles. The van der Waals surface area contributed by atoms with Gasteiger partial charge in [-0.15, -0.1) is 0 Å². The highest BCUT2D eigenvalue weighted by Crippen LogP contribution is 2.06. The van der Waals surface area contributed by atoms with Crippen LogP contribution in [-0.4, -0.2) is 11.7 Å². The first kappa shape index (κ1) is 10.4. The Morgan fingerprint density at radius 2 is 2.07 bits per heavy atom. The molecule has 1 aliphatic carbocycles. The third-order valence-corrected chi connectivity index (χ3v) is 1.62. The molecular formula is C12H14O2. The molecule has 0 saturated heterocycles. The van der Waals surface area contributed by atoms with E-state index in [1.165, 1.54) is 6.08 Å². The zero-order chi connectivity index (χ0) is 10.2. The van der Waals surface area contributed by atoms with E-state index in [1.54, 1.807) is 6.08 Å². The fourth-order valence-electron chi connectivity index (χ4n) is 1.00. The topological polar surface area (TPSA) is 29.5 Å². The molecule has 14 heavy (non-hydrogen) atoms. The van der Waals surface area contributed by atoms with Gasteiger partial charge in [0.2, 0.25) is 0 Å². The second-order valence-corrected chi connectivity index (χ2v) is 2.71. The van der Waals surface area contributed by atoms with Gasteiger partial charge < -0.3 is 9.84 Å². The van der Waals surface area contributed by atoms with Crippen LogP contribution >= 0.6 is 0 Å². The highest BCUT2D eigenvalue weighted by atomic mass is 16.6. The van der Waals surface area contributed by atoms with Gasteiger partial charge in [-0.2, -0.15) is 0 Å². The summed E-state index contributed by atoms with van der Waals surface area (Å²) in [5.74, 6) is -0.0559. The van der Waals surface area contributed by atoms with Crippen LogP contribution in [0.25, 0.3) is 0 Å². The van der Waals surface area contributed by atoms with Crippen molar-refractivity contribution in [1.82, 2.24) is 0 Å². The van der Waals surface area contributed by atoms with Crippen molar-refractivity contribution in [2.45, 2.75) is 6.92 Å². The first-order chi connectivity index (χ1) is 6.83. The van der Waals surface area contributed by atoms with Gasteiger partial charge in [-0.05, 0) is 12.5 Å². The Kier molecular flexibility index (Phi) is 4.35. The van der Waals surface area contributed by atoms with E-state index in [0.29, 0.717) is 6.61 Å². The van der Waals surface area contributed by atoms with E-state index in [9.17, 15) is 0 Å². The van der Waals surface area contributed by atoms with Gasteiger partial charge in [-0.25, -0.2) is 0 Å². The summed E-state index contributed by atoms with van der Waals surface area (Å²) in [6.45, 7) is 2.30. The molecule has 1 aliphatic rings. The summed E-state index contributed by atoms with van der Waals surface area (Å²) in [4.78, 5) is 0. The van der Waals surface area contributed by atoms with Crippen molar-refractivity contribution < 1.29 is 9.84 Å². The molecule has 0 saturated carbocycles. The first-order valence-electron chi connectivity index (χ1n) is 4.58. The Labute approximate surface area is 84.2 Å². The standard InChI is InChI=1S/C12H14O2/c1-2-14-12(13)10-6-5-9-11-7-3-4-8-11/h3-10,13H,2H2,1H3/b6-5+,12-10+. The van der Waals surface area contributed by atoms with Gasteiger partial charge in [0.1, 0.15) is 0 Å². The van der Waals surface area contributed by atoms with Crippen LogP contribution in [0.15, 0.2) is 60.1 Å². The lowest BCUT2D eigenvalue weighted by Crippen LogP contribution is -1.87. The van der Waals surface area contributed by atoms with E-state index >= 15 is 0 Å². The minimum Gasteiger partial charge on any atom is -0.481 e. The molecule has 0 aromatic carbocycles. The van der Waals surface area contributed by atoms with Crippen LogP contribution in [0, 0.1) is 0 Å². The number of aliphatic hydroxyl groups excluding tert-OH is 1. The lowest BCUT2D eigenvalue weighted by Gasteiger charge is -1.96. The Bertz CT molecular complexity index is 303. The number of aliphatic hydroxyl groups is 1. The maximum Gasteiger partial charge on any atom is 0.276 e.